The van der Waals surface area contributed by atoms with Crippen molar-refractivity contribution in [2.45, 2.75) is 32.2 Å². The average Bonchev–Trinajstić information content (AvgIpc) is 3.18. The summed E-state index contributed by atoms with van der Waals surface area (Å²) in [7, 11) is 0. The lowest BCUT2D eigenvalue weighted by atomic mass is 10.0. The Balaban J connectivity index is 1.49. The van der Waals surface area contributed by atoms with Crippen molar-refractivity contribution < 1.29 is 14.0 Å². The lowest BCUT2D eigenvalue weighted by Gasteiger charge is -2.31. The zero-order valence-electron chi connectivity index (χ0n) is 15.9. The molecule has 8 heteroatoms. The van der Waals surface area contributed by atoms with Gasteiger partial charge in [0.2, 0.25) is 5.91 Å². The standard InChI is InChI=1S/C20H25FN4O2S/c1-2-9-22-18(26)13-25-10-7-14(8-11-25)24-19(27)17-12-23-20(28-17)15-5-3-4-6-16(15)21/h3-6,12,14H,2,7-11,13H2,1H3,(H,22,26)(H,24,27). The number of carbonyl (C=O) groups is 2. The molecule has 0 atom stereocenters. The summed E-state index contributed by atoms with van der Waals surface area (Å²) in [6, 6.07) is 6.48. The molecule has 0 radical (unpaired) electrons. The minimum absolute atomic E-state index is 0.0506. The summed E-state index contributed by atoms with van der Waals surface area (Å²) in [6.07, 6.45) is 4.02. The highest BCUT2D eigenvalue weighted by Crippen LogP contribution is 2.27. The summed E-state index contributed by atoms with van der Waals surface area (Å²) in [6.45, 7) is 4.68. The molecule has 28 heavy (non-hydrogen) atoms. The van der Waals surface area contributed by atoms with E-state index in [1.54, 1.807) is 18.2 Å². The van der Waals surface area contributed by atoms with E-state index in [-0.39, 0.29) is 23.7 Å². The third-order valence-corrected chi connectivity index (χ3v) is 5.73. The third kappa shape index (κ3) is 5.36. The predicted molar refractivity (Wildman–Crippen MR) is 108 cm³/mol. The number of benzene rings is 1. The molecule has 0 saturated carbocycles. The molecule has 2 amide bonds. The van der Waals surface area contributed by atoms with Gasteiger partial charge in [-0.05, 0) is 31.4 Å². The van der Waals surface area contributed by atoms with Crippen LogP contribution in [0, 0.1) is 5.82 Å². The first kappa shape index (κ1) is 20.4. The SMILES string of the molecule is CCCNC(=O)CN1CCC(NC(=O)c2cnc(-c3ccccc3F)s2)CC1. The lowest BCUT2D eigenvalue weighted by molar-refractivity contribution is -0.122. The maximum absolute atomic E-state index is 13.9. The van der Waals surface area contributed by atoms with Crippen molar-refractivity contribution in [1.82, 2.24) is 20.5 Å². The van der Waals surface area contributed by atoms with Crippen LogP contribution >= 0.6 is 11.3 Å². The highest BCUT2D eigenvalue weighted by atomic mass is 32.1. The summed E-state index contributed by atoms with van der Waals surface area (Å²) in [5.74, 6) is -0.479. The first-order valence-electron chi connectivity index (χ1n) is 9.57. The third-order valence-electron chi connectivity index (χ3n) is 4.70. The van der Waals surface area contributed by atoms with Crippen LogP contribution in [0.2, 0.25) is 0 Å². The molecule has 0 unspecified atom stereocenters. The van der Waals surface area contributed by atoms with E-state index in [0.29, 0.717) is 28.5 Å². The van der Waals surface area contributed by atoms with Gasteiger partial charge in [-0.3, -0.25) is 14.5 Å². The second-order valence-electron chi connectivity index (χ2n) is 6.88. The van der Waals surface area contributed by atoms with Crippen LogP contribution < -0.4 is 10.6 Å². The maximum Gasteiger partial charge on any atom is 0.263 e. The van der Waals surface area contributed by atoms with Gasteiger partial charge in [-0.25, -0.2) is 9.37 Å². The molecule has 1 aliphatic heterocycles. The summed E-state index contributed by atoms with van der Waals surface area (Å²) in [5, 5.41) is 6.41. The average molecular weight is 405 g/mol. The monoisotopic (exact) mass is 404 g/mol. The first-order chi connectivity index (χ1) is 13.6. The number of hydrogen-bond acceptors (Lipinski definition) is 5. The van der Waals surface area contributed by atoms with Gasteiger partial charge in [-0.2, -0.15) is 0 Å². The van der Waals surface area contributed by atoms with Gasteiger partial charge in [0.25, 0.3) is 5.91 Å². The molecule has 1 fully saturated rings. The summed E-state index contributed by atoms with van der Waals surface area (Å²) >= 11 is 1.19. The van der Waals surface area contributed by atoms with Crippen molar-refractivity contribution in [2.75, 3.05) is 26.2 Å². The van der Waals surface area contributed by atoms with E-state index in [1.807, 2.05) is 6.92 Å². The lowest BCUT2D eigenvalue weighted by Crippen LogP contribution is -2.47. The van der Waals surface area contributed by atoms with Crippen LogP contribution in [0.25, 0.3) is 10.6 Å². The summed E-state index contributed by atoms with van der Waals surface area (Å²) in [5.41, 5.74) is 0.404. The fourth-order valence-corrected chi connectivity index (χ4v) is 4.00. The van der Waals surface area contributed by atoms with Crippen LogP contribution in [0.5, 0.6) is 0 Å². The van der Waals surface area contributed by atoms with Crippen molar-refractivity contribution in [3.05, 3.63) is 41.2 Å². The molecule has 6 nitrogen and oxygen atoms in total. The van der Waals surface area contributed by atoms with Crippen molar-refractivity contribution in [1.29, 1.82) is 0 Å². The van der Waals surface area contributed by atoms with E-state index in [1.165, 1.54) is 23.6 Å². The van der Waals surface area contributed by atoms with E-state index in [2.05, 4.69) is 20.5 Å². The van der Waals surface area contributed by atoms with Gasteiger partial charge in [-0.1, -0.05) is 19.1 Å². The Morgan fingerprint density at radius 1 is 1.29 bits per heavy atom. The molecule has 150 valence electrons. The number of amides is 2. The van der Waals surface area contributed by atoms with Crippen LogP contribution in [0.15, 0.2) is 30.5 Å². The fraction of sp³-hybridized carbons (Fsp3) is 0.450. The van der Waals surface area contributed by atoms with Gasteiger partial charge in [0.1, 0.15) is 15.7 Å². The molecule has 2 aromatic rings. The molecule has 0 bridgehead atoms. The number of piperidine rings is 1. The Morgan fingerprint density at radius 2 is 2.04 bits per heavy atom. The number of aromatic nitrogens is 1. The Hall–Kier alpha value is -2.32. The number of halogens is 1. The number of thiazole rings is 1. The van der Waals surface area contributed by atoms with Crippen LogP contribution in [-0.4, -0.2) is 53.9 Å². The number of nitrogens with one attached hydrogen (secondary N) is 2. The molecule has 1 saturated heterocycles. The topological polar surface area (TPSA) is 74.3 Å². The minimum Gasteiger partial charge on any atom is -0.355 e. The Labute approximate surface area is 168 Å². The van der Waals surface area contributed by atoms with E-state index in [9.17, 15) is 14.0 Å². The van der Waals surface area contributed by atoms with E-state index in [0.717, 1.165) is 32.4 Å². The number of carbonyl (C=O) groups excluding carboxylic acids is 2. The van der Waals surface area contributed by atoms with Crippen molar-refractivity contribution in [3.63, 3.8) is 0 Å². The van der Waals surface area contributed by atoms with Crippen molar-refractivity contribution in [2.24, 2.45) is 0 Å². The molecule has 1 aliphatic rings. The zero-order valence-corrected chi connectivity index (χ0v) is 16.7. The van der Waals surface area contributed by atoms with E-state index >= 15 is 0 Å². The molecule has 0 spiro atoms. The minimum atomic E-state index is -0.348. The number of rotatable bonds is 7. The van der Waals surface area contributed by atoms with Crippen LogP contribution in [-0.2, 0) is 4.79 Å². The normalized spacial score (nSPS) is 15.4. The molecule has 2 N–H and O–H groups in total. The largest absolute Gasteiger partial charge is 0.355 e. The highest BCUT2D eigenvalue weighted by molar-refractivity contribution is 7.16. The molecule has 1 aromatic heterocycles. The fourth-order valence-electron chi connectivity index (χ4n) is 3.15. The second kappa shape index (κ2) is 9.75. The Morgan fingerprint density at radius 3 is 2.75 bits per heavy atom. The Bertz CT molecular complexity index is 818. The molecule has 1 aromatic carbocycles. The van der Waals surface area contributed by atoms with Gasteiger partial charge >= 0.3 is 0 Å². The zero-order chi connectivity index (χ0) is 19.9. The van der Waals surface area contributed by atoms with E-state index < -0.39 is 0 Å². The van der Waals surface area contributed by atoms with Crippen LogP contribution in [0.4, 0.5) is 4.39 Å². The maximum atomic E-state index is 13.9. The number of nitrogens with zero attached hydrogens (tertiary/aromatic N) is 2. The highest BCUT2D eigenvalue weighted by Gasteiger charge is 2.23. The molecule has 0 aliphatic carbocycles. The van der Waals surface area contributed by atoms with Crippen molar-refractivity contribution in [3.8, 4) is 10.6 Å². The van der Waals surface area contributed by atoms with Gasteiger partial charge in [0.05, 0.1) is 12.7 Å². The Kier molecular flexibility index (Phi) is 7.11. The molecular formula is C20H25FN4O2S. The van der Waals surface area contributed by atoms with Gasteiger partial charge in [0, 0.05) is 31.2 Å². The molecule has 2 heterocycles. The van der Waals surface area contributed by atoms with Gasteiger partial charge < -0.3 is 10.6 Å². The number of likely N-dealkylation sites (tertiary alicyclic amines) is 1. The van der Waals surface area contributed by atoms with Crippen LogP contribution in [0.1, 0.15) is 35.9 Å². The van der Waals surface area contributed by atoms with Crippen molar-refractivity contribution >= 4 is 23.2 Å². The van der Waals surface area contributed by atoms with E-state index in [4.69, 9.17) is 0 Å². The summed E-state index contributed by atoms with van der Waals surface area (Å²) in [4.78, 5) is 31.1. The molecular weight excluding hydrogens is 379 g/mol. The second-order valence-corrected chi connectivity index (χ2v) is 7.91. The van der Waals surface area contributed by atoms with Gasteiger partial charge in [0.15, 0.2) is 0 Å². The molecule has 3 rings (SSSR count). The van der Waals surface area contributed by atoms with Crippen LogP contribution in [0.3, 0.4) is 0 Å². The first-order valence-corrected chi connectivity index (χ1v) is 10.4. The predicted octanol–water partition coefficient (Wildman–Crippen LogP) is 2.67. The van der Waals surface area contributed by atoms with Gasteiger partial charge in [-0.15, -0.1) is 11.3 Å². The smallest absolute Gasteiger partial charge is 0.263 e. The quantitative estimate of drug-likeness (QED) is 0.744. The number of hydrogen-bond donors (Lipinski definition) is 2. The summed E-state index contributed by atoms with van der Waals surface area (Å²) < 4.78 is 13.9.